The molecule has 0 aromatic heterocycles. The zero-order chi connectivity index (χ0) is 46.3. The molecule has 0 spiro atoms. The zero-order valence-corrected chi connectivity index (χ0v) is 40.1. The third-order valence-corrected chi connectivity index (χ3v) is 12.7. The molecule has 0 aromatic rings. The predicted molar refractivity (Wildman–Crippen MR) is 251 cm³/mol. The van der Waals surface area contributed by atoms with E-state index in [0.29, 0.717) is 12.8 Å². The maximum Gasteiger partial charge on any atom is 0.303 e. The van der Waals surface area contributed by atoms with Crippen LogP contribution in [0.4, 0.5) is 0 Å². The number of rotatable bonds is 43. The summed E-state index contributed by atoms with van der Waals surface area (Å²) in [6.07, 6.45) is 31.6. The lowest BCUT2D eigenvalue weighted by Crippen LogP contribution is -2.70. The fraction of sp³-hybridized carbons (Fsp3) is 0.920. The quantitative estimate of drug-likeness (QED) is 0.0289. The average molecular weight is 898 g/mol. The number of aliphatic carboxylic acids is 1. The number of ether oxygens (including phenoxy) is 1. The van der Waals surface area contributed by atoms with E-state index in [9.17, 15) is 39.6 Å². The lowest BCUT2D eigenvalue weighted by Gasteiger charge is -2.47. The van der Waals surface area contributed by atoms with Gasteiger partial charge in [0.25, 0.3) is 0 Å². The third-order valence-electron chi connectivity index (χ3n) is 12.7. The molecule has 3 amide bonds. The molecule has 13 heteroatoms. The van der Waals surface area contributed by atoms with Crippen molar-refractivity contribution < 1.29 is 49.4 Å². The molecule has 1 aliphatic rings. The van der Waals surface area contributed by atoms with Gasteiger partial charge >= 0.3 is 5.97 Å². The second-order valence-electron chi connectivity index (χ2n) is 18.4. The highest BCUT2D eigenvalue weighted by atomic mass is 16.5. The van der Waals surface area contributed by atoms with Crippen LogP contribution in [0, 0.1) is 0 Å². The molecule has 0 radical (unpaired) electrons. The maximum atomic E-state index is 14.1. The molecule has 6 atom stereocenters. The Morgan fingerprint density at radius 1 is 0.540 bits per heavy atom. The van der Waals surface area contributed by atoms with E-state index >= 15 is 0 Å². The van der Waals surface area contributed by atoms with E-state index in [2.05, 4.69) is 24.5 Å². The summed E-state index contributed by atoms with van der Waals surface area (Å²) in [6.45, 7) is 3.38. The third kappa shape index (κ3) is 29.0. The standard InChI is InChI=1S/C50H95N3O10/c1-3-5-7-9-11-13-15-17-19-21-23-25-27-29-31-33-38-53(44(57)36-32-30-28-26-24-22-20-18-16-14-12-10-8-6-4-2)50-46(48(61)47(60)42(40-55)63-50)52-49(62)41(39-54)51-43(56)35-34-37-45(58)59/h41-42,46-48,50,54-55,60-61H,3-40H2,1-2H3,(H,51,56)(H,52,62)(H,58,59)/t41-,42+,46+,47+,48+,50+/m0/s1. The van der Waals surface area contributed by atoms with E-state index in [1.807, 2.05) is 0 Å². The van der Waals surface area contributed by atoms with Crippen LogP contribution in [0.5, 0.6) is 0 Å². The molecule has 0 aromatic carbocycles. The first-order chi connectivity index (χ1) is 30.6. The summed E-state index contributed by atoms with van der Waals surface area (Å²) in [5.41, 5.74) is 0. The first-order valence-electron chi connectivity index (χ1n) is 25.9. The fourth-order valence-electron chi connectivity index (χ4n) is 8.66. The molecule has 1 heterocycles. The molecule has 0 aliphatic carbocycles. The molecule has 370 valence electrons. The van der Waals surface area contributed by atoms with Gasteiger partial charge in [0.15, 0.2) is 6.23 Å². The molecule has 63 heavy (non-hydrogen) atoms. The van der Waals surface area contributed by atoms with Crippen molar-refractivity contribution in [1.29, 1.82) is 0 Å². The Hall–Kier alpha value is -2.32. The van der Waals surface area contributed by atoms with Crippen molar-refractivity contribution in [3.63, 3.8) is 0 Å². The van der Waals surface area contributed by atoms with Gasteiger partial charge in [0, 0.05) is 25.8 Å². The molecule has 1 fully saturated rings. The minimum Gasteiger partial charge on any atom is -0.481 e. The lowest BCUT2D eigenvalue weighted by atomic mass is 9.94. The highest BCUT2D eigenvalue weighted by molar-refractivity contribution is 5.88. The van der Waals surface area contributed by atoms with E-state index < -0.39 is 67.6 Å². The number of aliphatic hydroxyl groups is 4. The summed E-state index contributed by atoms with van der Waals surface area (Å²) >= 11 is 0. The van der Waals surface area contributed by atoms with E-state index in [4.69, 9.17) is 9.84 Å². The molecule has 7 N–H and O–H groups in total. The Bertz CT molecular complexity index is 1150. The van der Waals surface area contributed by atoms with Gasteiger partial charge in [-0.05, 0) is 19.3 Å². The van der Waals surface area contributed by atoms with Crippen molar-refractivity contribution in [2.45, 2.75) is 275 Å². The number of carboxylic acid groups (broad SMARTS) is 1. The van der Waals surface area contributed by atoms with Gasteiger partial charge in [0.05, 0.1) is 13.2 Å². The van der Waals surface area contributed by atoms with Crippen molar-refractivity contribution in [3.05, 3.63) is 0 Å². The Morgan fingerprint density at radius 3 is 1.35 bits per heavy atom. The number of hydrogen-bond acceptors (Lipinski definition) is 9. The Morgan fingerprint density at radius 2 is 0.952 bits per heavy atom. The minimum absolute atomic E-state index is 0.0444. The predicted octanol–water partition coefficient (Wildman–Crippen LogP) is 8.99. The van der Waals surface area contributed by atoms with Crippen molar-refractivity contribution in [3.8, 4) is 0 Å². The number of amides is 3. The van der Waals surface area contributed by atoms with Gasteiger partial charge < -0.3 is 45.8 Å². The Labute approximate surface area is 382 Å². The van der Waals surface area contributed by atoms with Crippen LogP contribution in [0.3, 0.4) is 0 Å². The number of unbranched alkanes of at least 4 members (excludes halogenated alkanes) is 29. The smallest absolute Gasteiger partial charge is 0.303 e. The van der Waals surface area contributed by atoms with Crippen LogP contribution in [-0.4, -0.2) is 111 Å². The van der Waals surface area contributed by atoms with Gasteiger partial charge in [-0.1, -0.05) is 200 Å². The second kappa shape index (κ2) is 40.0. The van der Waals surface area contributed by atoms with Crippen molar-refractivity contribution in [1.82, 2.24) is 15.5 Å². The van der Waals surface area contributed by atoms with Crippen molar-refractivity contribution in [2.24, 2.45) is 0 Å². The monoisotopic (exact) mass is 898 g/mol. The number of nitrogens with one attached hydrogen (secondary N) is 2. The molecule has 13 nitrogen and oxygen atoms in total. The topological polar surface area (TPSA) is 206 Å². The van der Waals surface area contributed by atoms with Gasteiger partial charge in [-0.15, -0.1) is 0 Å². The van der Waals surface area contributed by atoms with Crippen LogP contribution in [0.1, 0.15) is 239 Å². The van der Waals surface area contributed by atoms with E-state index in [-0.39, 0.29) is 38.1 Å². The molecular weight excluding hydrogens is 803 g/mol. The van der Waals surface area contributed by atoms with Crippen LogP contribution in [0.2, 0.25) is 0 Å². The zero-order valence-electron chi connectivity index (χ0n) is 40.1. The van der Waals surface area contributed by atoms with Gasteiger partial charge in [-0.3, -0.25) is 19.2 Å². The number of aliphatic hydroxyl groups excluding tert-OH is 4. The van der Waals surface area contributed by atoms with Crippen LogP contribution in [0.25, 0.3) is 0 Å². The molecule has 1 rings (SSSR count). The maximum absolute atomic E-state index is 14.1. The van der Waals surface area contributed by atoms with Gasteiger partial charge in [0.2, 0.25) is 17.7 Å². The van der Waals surface area contributed by atoms with Crippen LogP contribution < -0.4 is 10.6 Å². The summed E-state index contributed by atoms with van der Waals surface area (Å²) in [5.74, 6) is -2.77. The summed E-state index contributed by atoms with van der Waals surface area (Å²) in [4.78, 5) is 52.4. The number of hydrogen-bond donors (Lipinski definition) is 7. The molecular formula is C50H95N3O10. The second-order valence-corrected chi connectivity index (χ2v) is 18.4. The lowest BCUT2D eigenvalue weighted by molar-refractivity contribution is -0.231. The summed E-state index contributed by atoms with van der Waals surface area (Å²) in [6, 6.07) is -2.77. The van der Waals surface area contributed by atoms with Gasteiger partial charge in [-0.25, -0.2) is 0 Å². The first kappa shape index (κ1) is 58.7. The summed E-state index contributed by atoms with van der Waals surface area (Å²) in [7, 11) is 0. The van der Waals surface area contributed by atoms with Crippen molar-refractivity contribution >= 4 is 23.7 Å². The van der Waals surface area contributed by atoms with Crippen molar-refractivity contribution in [2.75, 3.05) is 19.8 Å². The number of carbonyl (C=O) groups excluding carboxylic acids is 3. The largest absolute Gasteiger partial charge is 0.481 e. The summed E-state index contributed by atoms with van der Waals surface area (Å²) in [5, 5.41) is 56.2. The van der Waals surface area contributed by atoms with Gasteiger partial charge in [0.1, 0.15) is 30.4 Å². The van der Waals surface area contributed by atoms with Crippen LogP contribution >= 0.6 is 0 Å². The SMILES string of the molecule is CCCCCCCCCCCCCCCCCCN(C(=O)CCCCCCCCCCCCCCCCC)[C@@H]1O[C@H](CO)[C@@H](O)[C@H](O)[C@H]1NC(=O)[C@H](CO)NC(=O)CCCC(=O)O. The molecule has 0 bridgehead atoms. The van der Waals surface area contributed by atoms with Gasteiger partial charge in [-0.2, -0.15) is 0 Å². The van der Waals surface area contributed by atoms with E-state index in [0.717, 1.165) is 38.5 Å². The number of carboxylic acids is 1. The molecule has 0 unspecified atom stereocenters. The first-order valence-corrected chi connectivity index (χ1v) is 25.9. The minimum atomic E-state index is -1.64. The molecule has 1 aliphatic heterocycles. The summed E-state index contributed by atoms with van der Waals surface area (Å²) < 4.78 is 6.12. The highest BCUT2D eigenvalue weighted by Gasteiger charge is 2.48. The van der Waals surface area contributed by atoms with E-state index in [1.165, 1.54) is 153 Å². The van der Waals surface area contributed by atoms with Crippen LogP contribution in [-0.2, 0) is 23.9 Å². The number of nitrogens with zero attached hydrogens (tertiary/aromatic N) is 1. The number of carbonyl (C=O) groups is 4. The molecule has 0 saturated carbocycles. The van der Waals surface area contributed by atoms with E-state index in [1.54, 1.807) is 0 Å². The fourth-order valence-corrected chi connectivity index (χ4v) is 8.66. The highest BCUT2D eigenvalue weighted by Crippen LogP contribution is 2.26. The average Bonchev–Trinajstić information content (AvgIpc) is 3.27. The normalized spacial score (nSPS) is 19.2. The molecule has 1 saturated heterocycles. The van der Waals surface area contributed by atoms with Crippen LogP contribution in [0.15, 0.2) is 0 Å². The Kier molecular flexibility index (Phi) is 37.3. The Balaban J connectivity index is 2.80.